The maximum absolute atomic E-state index is 12.4. The molecule has 0 aliphatic carbocycles. The van der Waals surface area contributed by atoms with Crippen LogP contribution in [0.5, 0.6) is 11.5 Å². The SMILES string of the molecule is Cc1cc(=O)n2c(n1)SC[C@H]2CC(=O)Nc1ccc2c(c1)OCCO2. The molecule has 3 heterocycles. The van der Waals surface area contributed by atoms with Crippen molar-refractivity contribution < 1.29 is 14.3 Å². The second-order valence-corrected chi connectivity index (χ2v) is 6.95. The Morgan fingerprint density at radius 2 is 2.12 bits per heavy atom. The Kier molecular flexibility index (Phi) is 4.12. The van der Waals surface area contributed by atoms with Crippen LogP contribution in [0.25, 0.3) is 0 Å². The predicted octanol–water partition coefficient (Wildman–Crippen LogP) is 2.00. The molecule has 2 aliphatic heterocycles. The number of ether oxygens (including phenoxy) is 2. The van der Waals surface area contributed by atoms with E-state index in [0.717, 1.165) is 0 Å². The van der Waals surface area contributed by atoms with Crippen LogP contribution in [0, 0.1) is 6.92 Å². The molecule has 0 bridgehead atoms. The predicted molar refractivity (Wildman–Crippen MR) is 93.7 cm³/mol. The number of aromatic nitrogens is 2. The quantitative estimate of drug-likeness (QED) is 0.844. The molecule has 25 heavy (non-hydrogen) atoms. The van der Waals surface area contributed by atoms with Crippen molar-refractivity contribution in [2.24, 2.45) is 0 Å². The van der Waals surface area contributed by atoms with Gasteiger partial charge in [0.15, 0.2) is 16.7 Å². The second-order valence-electron chi connectivity index (χ2n) is 5.96. The molecule has 1 amide bonds. The van der Waals surface area contributed by atoms with E-state index in [1.165, 1.54) is 17.8 Å². The summed E-state index contributed by atoms with van der Waals surface area (Å²) in [5, 5.41) is 3.54. The zero-order chi connectivity index (χ0) is 17.4. The number of rotatable bonds is 3. The van der Waals surface area contributed by atoms with Crippen molar-refractivity contribution in [3.05, 3.63) is 40.3 Å². The van der Waals surface area contributed by atoms with E-state index in [1.54, 1.807) is 29.7 Å². The van der Waals surface area contributed by atoms with Crippen LogP contribution in [0.1, 0.15) is 18.2 Å². The highest BCUT2D eigenvalue weighted by Crippen LogP contribution is 2.34. The Hall–Kier alpha value is -2.48. The highest BCUT2D eigenvalue weighted by Gasteiger charge is 2.27. The number of benzene rings is 1. The number of thioether (sulfide) groups is 1. The van der Waals surface area contributed by atoms with Gasteiger partial charge in [0.2, 0.25) is 5.91 Å². The number of hydrogen-bond donors (Lipinski definition) is 1. The van der Waals surface area contributed by atoms with Crippen molar-refractivity contribution in [2.45, 2.75) is 24.5 Å². The second kappa shape index (κ2) is 6.44. The maximum Gasteiger partial charge on any atom is 0.254 e. The first-order valence-electron chi connectivity index (χ1n) is 8.02. The number of carbonyl (C=O) groups is 1. The zero-order valence-electron chi connectivity index (χ0n) is 13.7. The van der Waals surface area contributed by atoms with Crippen LogP contribution in [0.3, 0.4) is 0 Å². The monoisotopic (exact) mass is 359 g/mol. The lowest BCUT2D eigenvalue weighted by Gasteiger charge is -2.19. The first-order chi connectivity index (χ1) is 12.1. The summed E-state index contributed by atoms with van der Waals surface area (Å²) in [5.41, 5.74) is 1.24. The van der Waals surface area contributed by atoms with E-state index in [1.807, 2.05) is 0 Å². The summed E-state index contributed by atoms with van der Waals surface area (Å²) < 4.78 is 12.6. The van der Waals surface area contributed by atoms with Crippen molar-refractivity contribution in [1.29, 1.82) is 0 Å². The number of amides is 1. The van der Waals surface area contributed by atoms with Gasteiger partial charge in [0, 0.05) is 35.7 Å². The van der Waals surface area contributed by atoms with Crippen LogP contribution >= 0.6 is 11.8 Å². The summed E-state index contributed by atoms with van der Waals surface area (Å²) in [6.45, 7) is 2.82. The third kappa shape index (κ3) is 3.21. The molecule has 0 saturated carbocycles. The number of aryl methyl sites for hydroxylation is 1. The molecule has 0 fully saturated rings. The van der Waals surface area contributed by atoms with E-state index < -0.39 is 0 Å². The Morgan fingerprint density at radius 3 is 2.96 bits per heavy atom. The smallest absolute Gasteiger partial charge is 0.254 e. The lowest BCUT2D eigenvalue weighted by Crippen LogP contribution is -2.27. The lowest BCUT2D eigenvalue weighted by atomic mass is 10.2. The van der Waals surface area contributed by atoms with Crippen molar-refractivity contribution in [1.82, 2.24) is 9.55 Å². The van der Waals surface area contributed by atoms with Gasteiger partial charge in [0.25, 0.3) is 5.56 Å². The molecular weight excluding hydrogens is 342 g/mol. The summed E-state index contributed by atoms with van der Waals surface area (Å²) in [7, 11) is 0. The van der Waals surface area contributed by atoms with E-state index in [0.29, 0.717) is 47.0 Å². The summed E-state index contributed by atoms with van der Waals surface area (Å²) in [5.74, 6) is 1.82. The fourth-order valence-electron chi connectivity index (χ4n) is 2.96. The number of carbonyl (C=O) groups excluding carboxylic acids is 1. The molecule has 0 spiro atoms. The molecule has 1 aromatic heterocycles. The summed E-state index contributed by atoms with van der Waals surface area (Å²) in [6.07, 6.45) is 0.221. The summed E-state index contributed by atoms with van der Waals surface area (Å²) in [4.78, 5) is 29.0. The molecular formula is C17H17N3O4S. The molecule has 1 atom stereocenters. The van der Waals surface area contributed by atoms with E-state index in [4.69, 9.17) is 9.47 Å². The Morgan fingerprint density at radius 1 is 1.32 bits per heavy atom. The van der Waals surface area contributed by atoms with E-state index in [2.05, 4.69) is 10.3 Å². The van der Waals surface area contributed by atoms with Crippen molar-refractivity contribution in [3.63, 3.8) is 0 Å². The van der Waals surface area contributed by atoms with Crippen molar-refractivity contribution >= 4 is 23.4 Å². The third-order valence-corrected chi connectivity index (χ3v) is 5.16. The topological polar surface area (TPSA) is 82.5 Å². The van der Waals surface area contributed by atoms with Crippen molar-refractivity contribution in [3.8, 4) is 11.5 Å². The average Bonchev–Trinajstić information content (AvgIpc) is 2.97. The van der Waals surface area contributed by atoms with Gasteiger partial charge < -0.3 is 14.8 Å². The van der Waals surface area contributed by atoms with Gasteiger partial charge >= 0.3 is 0 Å². The molecule has 2 aromatic rings. The van der Waals surface area contributed by atoms with Gasteiger partial charge in [0.1, 0.15) is 13.2 Å². The minimum Gasteiger partial charge on any atom is -0.486 e. The fourth-order valence-corrected chi connectivity index (χ4v) is 4.16. The summed E-state index contributed by atoms with van der Waals surface area (Å²) in [6, 6.07) is 6.63. The molecule has 4 rings (SSSR count). The number of nitrogens with one attached hydrogen (secondary N) is 1. The van der Waals surface area contributed by atoms with Crippen LogP contribution in [-0.4, -0.2) is 34.4 Å². The van der Waals surface area contributed by atoms with Gasteiger partial charge in [-0.15, -0.1) is 0 Å². The highest BCUT2D eigenvalue weighted by atomic mass is 32.2. The van der Waals surface area contributed by atoms with Crippen molar-refractivity contribution in [2.75, 3.05) is 24.3 Å². The molecule has 130 valence electrons. The first kappa shape index (κ1) is 16.0. The van der Waals surface area contributed by atoms with Gasteiger partial charge in [-0.25, -0.2) is 4.98 Å². The van der Waals surface area contributed by atoms with Gasteiger partial charge in [-0.1, -0.05) is 11.8 Å². The van der Waals surface area contributed by atoms with Crippen LogP contribution < -0.4 is 20.3 Å². The van der Waals surface area contributed by atoms with Crippen LogP contribution in [0.4, 0.5) is 5.69 Å². The zero-order valence-corrected chi connectivity index (χ0v) is 14.5. The molecule has 1 aromatic carbocycles. The van der Waals surface area contributed by atoms with E-state index in [9.17, 15) is 9.59 Å². The standard InChI is InChI=1S/C17H17N3O4S/c1-10-6-16(22)20-12(9-25-17(20)18-10)8-15(21)19-11-2-3-13-14(7-11)24-5-4-23-13/h2-3,6-7,12H,4-5,8-9H2,1H3,(H,19,21)/t12-/m1/s1. The van der Waals surface area contributed by atoms with Gasteiger partial charge in [-0.05, 0) is 19.1 Å². The Labute approximate surface area is 148 Å². The largest absolute Gasteiger partial charge is 0.486 e. The normalized spacial score (nSPS) is 17.9. The average molecular weight is 359 g/mol. The van der Waals surface area contributed by atoms with Gasteiger partial charge in [-0.3, -0.25) is 14.2 Å². The molecule has 7 nitrogen and oxygen atoms in total. The first-order valence-corrected chi connectivity index (χ1v) is 9.01. The van der Waals surface area contributed by atoms with Crippen LogP contribution in [0.15, 0.2) is 34.2 Å². The Balaban J connectivity index is 1.47. The number of anilines is 1. The van der Waals surface area contributed by atoms with E-state index in [-0.39, 0.29) is 23.9 Å². The third-order valence-electron chi connectivity index (χ3n) is 4.06. The van der Waals surface area contributed by atoms with Gasteiger partial charge in [-0.2, -0.15) is 0 Å². The summed E-state index contributed by atoms with van der Waals surface area (Å²) >= 11 is 1.51. The minimum absolute atomic E-state index is 0.107. The van der Waals surface area contributed by atoms with Gasteiger partial charge in [0.05, 0.1) is 6.04 Å². The molecule has 1 N–H and O–H groups in total. The van der Waals surface area contributed by atoms with Crippen LogP contribution in [0.2, 0.25) is 0 Å². The highest BCUT2D eigenvalue weighted by molar-refractivity contribution is 7.99. The molecule has 0 unspecified atom stereocenters. The molecule has 0 saturated heterocycles. The Bertz CT molecular complexity index is 896. The molecule has 8 heteroatoms. The minimum atomic E-state index is -0.183. The number of nitrogens with zero attached hydrogens (tertiary/aromatic N) is 2. The fraction of sp³-hybridized carbons (Fsp3) is 0.353. The molecule has 0 radical (unpaired) electrons. The maximum atomic E-state index is 12.4. The number of hydrogen-bond acceptors (Lipinski definition) is 6. The lowest BCUT2D eigenvalue weighted by molar-refractivity contribution is -0.116. The molecule has 2 aliphatic rings. The van der Waals surface area contributed by atoms with Crippen LogP contribution in [-0.2, 0) is 4.79 Å². The van der Waals surface area contributed by atoms with E-state index >= 15 is 0 Å². The number of fused-ring (bicyclic) bond motifs is 2.